The Balaban J connectivity index is 1.57. The first kappa shape index (κ1) is 23.4. The molecule has 0 saturated carbocycles. The summed E-state index contributed by atoms with van der Waals surface area (Å²) in [6, 6.07) is 22.8. The second-order valence-electron chi connectivity index (χ2n) is 7.43. The lowest BCUT2D eigenvalue weighted by Crippen LogP contribution is -2.30. The van der Waals surface area contributed by atoms with Crippen molar-refractivity contribution in [2.45, 2.75) is 24.9 Å². The van der Waals surface area contributed by atoms with Gasteiger partial charge in [0.15, 0.2) is 0 Å². The van der Waals surface area contributed by atoms with Crippen LogP contribution in [0.4, 0.5) is 0 Å². The molecule has 174 valence electrons. The lowest BCUT2D eigenvalue weighted by Gasteiger charge is -2.22. The SMILES string of the molecule is CCOc1ccc(S(=O)(=O)N(Cc2ccc(Oc3ccncc3)cc2)Cc2ccccn2)cc1. The van der Waals surface area contributed by atoms with E-state index in [1.165, 1.54) is 4.31 Å². The summed E-state index contributed by atoms with van der Waals surface area (Å²) in [6.07, 6.45) is 4.97. The molecule has 0 saturated heterocycles. The highest BCUT2D eigenvalue weighted by Gasteiger charge is 2.25. The van der Waals surface area contributed by atoms with Crippen LogP contribution < -0.4 is 9.47 Å². The fourth-order valence-corrected chi connectivity index (χ4v) is 4.73. The lowest BCUT2D eigenvalue weighted by molar-refractivity contribution is 0.340. The van der Waals surface area contributed by atoms with Gasteiger partial charge in [0.2, 0.25) is 10.0 Å². The summed E-state index contributed by atoms with van der Waals surface area (Å²) >= 11 is 0. The minimum atomic E-state index is -3.79. The molecular weight excluding hydrogens is 450 g/mol. The van der Waals surface area contributed by atoms with Gasteiger partial charge in [-0.1, -0.05) is 18.2 Å². The van der Waals surface area contributed by atoms with Gasteiger partial charge in [-0.25, -0.2) is 8.42 Å². The number of sulfonamides is 1. The summed E-state index contributed by atoms with van der Waals surface area (Å²) in [6.45, 7) is 2.72. The third-order valence-corrected chi connectivity index (χ3v) is 6.81. The van der Waals surface area contributed by atoms with Crippen LogP contribution in [0.5, 0.6) is 17.2 Å². The quantitative estimate of drug-likeness (QED) is 0.319. The first-order valence-electron chi connectivity index (χ1n) is 10.8. The first-order chi connectivity index (χ1) is 16.5. The molecule has 4 rings (SSSR count). The zero-order chi connectivity index (χ0) is 23.8. The molecule has 0 aliphatic carbocycles. The van der Waals surface area contributed by atoms with Crippen molar-refractivity contribution in [2.75, 3.05) is 6.61 Å². The van der Waals surface area contributed by atoms with Crippen molar-refractivity contribution in [1.29, 1.82) is 0 Å². The largest absolute Gasteiger partial charge is 0.494 e. The molecule has 0 fully saturated rings. The molecule has 0 spiro atoms. The fraction of sp³-hybridized carbons (Fsp3) is 0.154. The van der Waals surface area contributed by atoms with Crippen molar-refractivity contribution in [2.24, 2.45) is 0 Å². The smallest absolute Gasteiger partial charge is 0.243 e. The van der Waals surface area contributed by atoms with Crippen LogP contribution in [-0.4, -0.2) is 29.3 Å². The van der Waals surface area contributed by atoms with Gasteiger partial charge in [0.25, 0.3) is 0 Å². The molecule has 34 heavy (non-hydrogen) atoms. The number of nitrogens with zero attached hydrogens (tertiary/aromatic N) is 3. The van der Waals surface area contributed by atoms with Gasteiger partial charge in [0, 0.05) is 25.1 Å². The molecule has 0 unspecified atom stereocenters. The second kappa shape index (κ2) is 10.9. The van der Waals surface area contributed by atoms with Crippen LogP contribution in [-0.2, 0) is 23.1 Å². The van der Waals surface area contributed by atoms with Crippen molar-refractivity contribution in [1.82, 2.24) is 14.3 Å². The average molecular weight is 476 g/mol. The standard InChI is InChI=1S/C26H25N3O4S/c1-2-32-23-10-12-26(13-11-23)34(30,31)29(20-22-5-3-4-16-28-22)19-21-6-8-24(9-7-21)33-25-14-17-27-18-15-25/h3-18H,2,19-20H2,1H3. The van der Waals surface area contributed by atoms with Crippen LogP contribution in [0.25, 0.3) is 0 Å². The molecule has 0 amide bonds. The van der Waals surface area contributed by atoms with Crippen LogP contribution in [0.1, 0.15) is 18.2 Å². The van der Waals surface area contributed by atoms with Gasteiger partial charge in [-0.2, -0.15) is 4.31 Å². The topological polar surface area (TPSA) is 81.6 Å². The van der Waals surface area contributed by atoms with Gasteiger partial charge in [-0.05, 0) is 73.2 Å². The van der Waals surface area contributed by atoms with E-state index in [9.17, 15) is 8.42 Å². The number of hydrogen-bond acceptors (Lipinski definition) is 6. The summed E-state index contributed by atoms with van der Waals surface area (Å²) in [5, 5.41) is 0. The molecule has 4 aromatic rings. The zero-order valence-corrected chi connectivity index (χ0v) is 19.6. The molecule has 0 N–H and O–H groups in total. The Morgan fingerprint density at radius 1 is 0.765 bits per heavy atom. The molecule has 0 atom stereocenters. The normalized spacial score (nSPS) is 11.4. The van der Waals surface area contributed by atoms with Crippen molar-refractivity contribution in [3.05, 3.63) is 109 Å². The highest BCUT2D eigenvalue weighted by Crippen LogP contribution is 2.25. The van der Waals surface area contributed by atoms with E-state index < -0.39 is 10.0 Å². The predicted molar refractivity (Wildman–Crippen MR) is 129 cm³/mol. The van der Waals surface area contributed by atoms with Crippen molar-refractivity contribution >= 4 is 10.0 Å². The van der Waals surface area contributed by atoms with E-state index in [0.717, 1.165) is 5.56 Å². The van der Waals surface area contributed by atoms with E-state index in [1.807, 2.05) is 43.3 Å². The first-order valence-corrected chi connectivity index (χ1v) is 12.3. The van der Waals surface area contributed by atoms with Crippen LogP contribution >= 0.6 is 0 Å². The number of hydrogen-bond donors (Lipinski definition) is 0. The Morgan fingerprint density at radius 2 is 1.44 bits per heavy atom. The maximum absolute atomic E-state index is 13.5. The van der Waals surface area contributed by atoms with Crippen LogP contribution in [0.3, 0.4) is 0 Å². The second-order valence-corrected chi connectivity index (χ2v) is 9.37. The van der Waals surface area contributed by atoms with Gasteiger partial charge >= 0.3 is 0 Å². The molecule has 2 aromatic heterocycles. The van der Waals surface area contributed by atoms with Crippen molar-refractivity contribution < 1.29 is 17.9 Å². The van der Waals surface area contributed by atoms with E-state index in [4.69, 9.17) is 9.47 Å². The van der Waals surface area contributed by atoms with E-state index >= 15 is 0 Å². The van der Waals surface area contributed by atoms with Crippen LogP contribution in [0.15, 0.2) is 102 Å². The summed E-state index contributed by atoms with van der Waals surface area (Å²) in [7, 11) is -3.79. The third-order valence-electron chi connectivity index (χ3n) is 5.00. The lowest BCUT2D eigenvalue weighted by atomic mass is 10.2. The van der Waals surface area contributed by atoms with Gasteiger partial charge in [0.05, 0.1) is 23.7 Å². The highest BCUT2D eigenvalue weighted by molar-refractivity contribution is 7.89. The summed E-state index contributed by atoms with van der Waals surface area (Å²) in [5.41, 5.74) is 1.49. The molecule has 8 heteroatoms. The maximum Gasteiger partial charge on any atom is 0.243 e. The van der Waals surface area contributed by atoms with Crippen LogP contribution in [0.2, 0.25) is 0 Å². The third kappa shape index (κ3) is 5.98. The Labute approximate surface area is 199 Å². The Morgan fingerprint density at radius 3 is 2.09 bits per heavy atom. The number of aromatic nitrogens is 2. The van der Waals surface area contributed by atoms with E-state index in [2.05, 4.69) is 9.97 Å². The summed E-state index contributed by atoms with van der Waals surface area (Å²) in [5.74, 6) is 1.96. The van der Waals surface area contributed by atoms with Crippen LogP contribution in [0, 0.1) is 0 Å². The molecule has 0 bridgehead atoms. The van der Waals surface area contributed by atoms with E-state index in [0.29, 0.717) is 29.5 Å². The molecule has 7 nitrogen and oxygen atoms in total. The van der Waals surface area contributed by atoms with Crippen molar-refractivity contribution in [3.63, 3.8) is 0 Å². The Bertz CT molecular complexity index is 1280. The Kier molecular flexibility index (Phi) is 7.51. The summed E-state index contributed by atoms with van der Waals surface area (Å²) < 4.78 is 39.8. The fourth-order valence-electron chi connectivity index (χ4n) is 3.33. The number of ether oxygens (including phenoxy) is 2. The van der Waals surface area contributed by atoms with Gasteiger partial charge in [0.1, 0.15) is 17.2 Å². The van der Waals surface area contributed by atoms with Gasteiger partial charge in [-0.15, -0.1) is 0 Å². The molecular formula is C26H25N3O4S. The maximum atomic E-state index is 13.5. The molecule has 0 aliphatic rings. The monoisotopic (exact) mass is 475 g/mol. The zero-order valence-electron chi connectivity index (χ0n) is 18.7. The van der Waals surface area contributed by atoms with Gasteiger partial charge in [-0.3, -0.25) is 9.97 Å². The number of pyridine rings is 2. The highest BCUT2D eigenvalue weighted by atomic mass is 32.2. The van der Waals surface area contributed by atoms with Gasteiger partial charge < -0.3 is 9.47 Å². The number of benzene rings is 2. The minimum absolute atomic E-state index is 0.144. The molecule has 2 heterocycles. The Hall–Kier alpha value is -3.75. The summed E-state index contributed by atoms with van der Waals surface area (Å²) in [4.78, 5) is 8.49. The minimum Gasteiger partial charge on any atom is -0.494 e. The molecule has 2 aromatic carbocycles. The van der Waals surface area contributed by atoms with E-state index in [1.54, 1.807) is 61.1 Å². The molecule has 0 radical (unpaired) electrons. The predicted octanol–water partition coefficient (Wildman–Crippen LogP) is 5.06. The van der Waals surface area contributed by atoms with E-state index in [-0.39, 0.29) is 18.0 Å². The number of rotatable bonds is 10. The average Bonchev–Trinajstić information content (AvgIpc) is 2.87. The molecule has 0 aliphatic heterocycles. The van der Waals surface area contributed by atoms with Crippen molar-refractivity contribution in [3.8, 4) is 17.2 Å².